The summed E-state index contributed by atoms with van der Waals surface area (Å²) < 4.78 is 18.8. The lowest BCUT2D eigenvalue weighted by molar-refractivity contribution is 0.0745. The average molecular weight is 386 g/mol. The molecule has 4 rings (SSSR count). The first-order chi connectivity index (χ1) is 13.6. The molecule has 0 spiro atoms. The second-order valence-corrected chi connectivity index (χ2v) is 6.94. The Morgan fingerprint density at radius 2 is 1.75 bits per heavy atom. The summed E-state index contributed by atoms with van der Waals surface area (Å²) in [6, 6.07) is 3.21. The van der Waals surface area contributed by atoms with Crippen molar-refractivity contribution in [2.24, 2.45) is 0 Å². The predicted octanol–water partition coefficient (Wildman–Crippen LogP) is 1.12. The van der Waals surface area contributed by atoms with Crippen molar-refractivity contribution in [2.75, 3.05) is 62.3 Å². The smallest absolute Gasteiger partial charge is 0.255 e. The molecule has 0 unspecified atom stereocenters. The zero-order chi connectivity index (χ0) is 19.5. The van der Waals surface area contributed by atoms with Gasteiger partial charge in [-0.3, -0.25) is 9.78 Å². The van der Waals surface area contributed by atoms with E-state index < -0.39 is 5.82 Å². The van der Waals surface area contributed by atoms with Crippen LogP contribution in [0, 0.1) is 12.7 Å². The molecule has 0 atom stereocenters. The van der Waals surface area contributed by atoms with Crippen LogP contribution in [0.1, 0.15) is 16.1 Å². The number of halogens is 1. The zero-order valence-corrected chi connectivity index (χ0v) is 15.8. The van der Waals surface area contributed by atoms with Gasteiger partial charge in [-0.25, -0.2) is 9.37 Å². The highest BCUT2D eigenvalue weighted by molar-refractivity contribution is 5.94. The van der Waals surface area contributed by atoms with Crippen molar-refractivity contribution in [1.29, 1.82) is 0 Å². The van der Waals surface area contributed by atoms with Gasteiger partial charge in [0, 0.05) is 57.2 Å². The molecule has 1 amide bonds. The number of carbonyl (C=O) groups excluding carboxylic acids is 1. The number of hydrogen-bond acceptors (Lipinski definition) is 7. The third kappa shape index (κ3) is 4.04. The maximum Gasteiger partial charge on any atom is 0.255 e. The molecule has 0 N–H and O–H groups in total. The van der Waals surface area contributed by atoms with Gasteiger partial charge in [0.05, 0.1) is 25.0 Å². The number of carbonyl (C=O) groups is 1. The van der Waals surface area contributed by atoms with Crippen molar-refractivity contribution in [3.8, 4) is 0 Å². The molecule has 148 valence electrons. The number of piperazine rings is 1. The number of ether oxygens (including phenoxy) is 1. The fraction of sp³-hybridized carbons (Fsp3) is 0.474. The summed E-state index contributed by atoms with van der Waals surface area (Å²) in [6.07, 6.45) is 2.49. The number of rotatable bonds is 3. The zero-order valence-electron chi connectivity index (χ0n) is 15.8. The first-order valence-electron chi connectivity index (χ1n) is 9.43. The minimum atomic E-state index is -0.506. The third-order valence-corrected chi connectivity index (χ3v) is 4.97. The monoisotopic (exact) mass is 386 g/mol. The number of amides is 1. The molecule has 0 aliphatic carbocycles. The maximum absolute atomic E-state index is 13.3. The SMILES string of the molecule is Cc1cc(N2CCOCC2)nc(N2CCN(C(=O)c3cncc(F)c3)CC2)n1. The van der Waals surface area contributed by atoms with Crippen LogP contribution in [0.2, 0.25) is 0 Å². The van der Waals surface area contributed by atoms with Gasteiger partial charge in [-0.15, -0.1) is 0 Å². The molecule has 2 fully saturated rings. The number of aromatic nitrogens is 3. The standard InChI is InChI=1S/C19H23FN6O2/c1-14-10-17(24-6-8-28-9-7-24)23-19(22-14)26-4-2-25(3-5-26)18(27)15-11-16(20)13-21-12-15/h10-13H,2-9H2,1H3. The highest BCUT2D eigenvalue weighted by atomic mass is 19.1. The second-order valence-electron chi connectivity index (χ2n) is 6.94. The molecule has 2 aliphatic heterocycles. The van der Waals surface area contributed by atoms with Crippen molar-refractivity contribution >= 4 is 17.7 Å². The molecule has 0 bridgehead atoms. The number of anilines is 2. The Labute approximate surface area is 163 Å². The quantitative estimate of drug-likeness (QED) is 0.782. The Bertz CT molecular complexity index is 850. The van der Waals surface area contributed by atoms with Crippen molar-refractivity contribution in [3.63, 3.8) is 0 Å². The molecule has 4 heterocycles. The first-order valence-corrected chi connectivity index (χ1v) is 9.43. The van der Waals surface area contributed by atoms with Crippen molar-refractivity contribution < 1.29 is 13.9 Å². The average Bonchev–Trinajstić information content (AvgIpc) is 2.73. The maximum atomic E-state index is 13.3. The lowest BCUT2D eigenvalue weighted by atomic mass is 10.2. The first kappa shape index (κ1) is 18.5. The highest BCUT2D eigenvalue weighted by Crippen LogP contribution is 2.20. The Balaban J connectivity index is 1.43. The molecule has 2 aliphatic rings. The van der Waals surface area contributed by atoms with E-state index in [-0.39, 0.29) is 11.5 Å². The molecule has 2 aromatic rings. The summed E-state index contributed by atoms with van der Waals surface area (Å²) in [7, 11) is 0. The molecule has 0 radical (unpaired) electrons. The molecule has 28 heavy (non-hydrogen) atoms. The van der Waals surface area contributed by atoms with Gasteiger partial charge in [-0.05, 0) is 13.0 Å². The Kier molecular flexibility index (Phi) is 5.34. The molecule has 2 saturated heterocycles. The van der Waals surface area contributed by atoms with Crippen LogP contribution in [0.5, 0.6) is 0 Å². The summed E-state index contributed by atoms with van der Waals surface area (Å²) >= 11 is 0. The largest absolute Gasteiger partial charge is 0.378 e. The minimum absolute atomic E-state index is 0.203. The fourth-order valence-corrected chi connectivity index (χ4v) is 3.45. The number of morpholine rings is 1. The van der Waals surface area contributed by atoms with Gasteiger partial charge in [-0.2, -0.15) is 4.98 Å². The summed E-state index contributed by atoms with van der Waals surface area (Å²) in [5, 5.41) is 0. The number of nitrogens with zero attached hydrogens (tertiary/aromatic N) is 6. The van der Waals surface area contributed by atoms with Crippen LogP contribution in [-0.2, 0) is 4.74 Å². The Hall–Kier alpha value is -2.81. The van der Waals surface area contributed by atoms with Gasteiger partial charge in [0.1, 0.15) is 11.6 Å². The summed E-state index contributed by atoms with van der Waals surface area (Å²) in [5.41, 5.74) is 1.19. The molecule has 2 aromatic heterocycles. The summed E-state index contributed by atoms with van der Waals surface area (Å²) in [4.78, 5) is 31.7. The van der Waals surface area contributed by atoms with Gasteiger partial charge in [0.2, 0.25) is 5.95 Å². The number of aryl methyl sites for hydroxylation is 1. The van der Waals surface area contributed by atoms with Crippen LogP contribution < -0.4 is 9.80 Å². The van der Waals surface area contributed by atoms with E-state index in [0.717, 1.165) is 30.8 Å². The molecular formula is C19H23FN6O2. The predicted molar refractivity (Wildman–Crippen MR) is 102 cm³/mol. The molecule has 8 nitrogen and oxygen atoms in total. The molecule has 0 saturated carbocycles. The van der Waals surface area contributed by atoms with E-state index in [2.05, 4.69) is 19.8 Å². The van der Waals surface area contributed by atoms with Gasteiger partial charge in [0.25, 0.3) is 5.91 Å². The lowest BCUT2D eigenvalue weighted by Crippen LogP contribution is -2.49. The van der Waals surface area contributed by atoms with E-state index >= 15 is 0 Å². The van der Waals surface area contributed by atoms with Crippen LogP contribution >= 0.6 is 0 Å². The van der Waals surface area contributed by atoms with E-state index in [1.165, 1.54) is 12.3 Å². The van der Waals surface area contributed by atoms with E-state index in [1.807, 2.05) is 13.0 Å². The topological polar surface area (TPSA) is 74.7 Å². The van der Waals surface area contributed by atoms with E-state index in [1.54, 1.807) is 4.90 Å². The number of pyridine rings is 1. The lowest BCUT2D eigenvalue weighted by Gasteiger charge is -2.35. The molecule has 0 aromatic carbocycles. The van der Waals surface area contributed by atoms with Crippen LogP contribution in [0.3, 0.4) is 0 Å². The van der Waals surface area contributed by atoms with Crippen molar-refractivity contribution in [1.82, 2.24) is 19.9 Å². The van der Waals surface area contributed by atoms with Crippen LogP contribution in [0.25, 0.3) is 0 Å². The van der Waals surface area contributed by atoms with E-state index in [0.29, 0.717) is 45.3 Å². The van der Waals surface area contributed by atoms with Gasteiger partial charge in [-0.1, -0.05) is 0 Å². The summed E-state index contributed by atoms with van der Waals surface area (Å²) in [5.74, 6) is 0.884. The van der Waals surface area contributed by atoms with Crippen molar-refractivity contribution in [3.05, 3.63) is 41.6 Å². The van der Waals surface area contributed by atoms with Gasteiger partial charge < -0.3 is 19.4 Å². The van der Waals surface area contributed by atoms with Crippen LogP contribution in [0.15, 0.2) is 24.5 Å². The number of hydrogen-bond donors (Lipinski definition) is 0. The molecule has 9 heteroatoms. The molecular weight excluding hydrogens is 363 g/mol. The van der Waals surface area contributed by atoms with Crippen LogP contribution in [-0.4, -0.2) is 78.2 Å². The second kappa shape index (κ2) is 8.05. The van der Waals surface area contributed by atoms with Gasteiger partial charge in [0.15, 0.2) is 0 Å². The van der Waals surface area contributed by atoms with Crippen molar-refractivity contribution in [2.45, 2.75) is 6.92 Å². The Morgan fingerprint density at radius 1 is 1.00 bits per heavy atom. The van der Waals surface area contributed by atoms with E-state index in [4.69, 9.17) is 9.72 Å². The minimum Gasteiger partial charge on any atom is -0.378 e. The summed E-state index contributed by atoms with van der Waals surface area (Å²) in [6.45, 7) is 7.31. The third-order valence-electron chi connectivity index (χ3n) is 4.97. The highest BCUT2D eigenvalue weighted by Gasteiger charge is 2.25. The Morgan fingerprint density at radius 3 is 2.46 bits per heavy atom. The van der Waals surface area contributed by atoms with E-state index in [9.17, 15) is 9.18 Å². The van der Waals surface area contributed by atoms with Gasteiger partial charge >= 0.3 is 0 Å². The fourth-order valence-electron chi connectivity index (χ4n) is 3.45. The normalized spacial score (nSPS) is 17.7. The van der Waals surface area contributed by atoms with Crippen LogP contribution in [0.4, 0.5) is 16.2 Å².